The van der Waals surface area contributed by atoms with Crippen molar-refractivity contribution in [3.8, 4) is 6.07 Å². The number of thioether (sulfide) groups is 1. The lowest BCUT2D eigenvalue weighted by Crippen LogP contribution is -2.45. The van der Waals surface area contributed by atoms with Gasteiger partial charge in [0.05, 0.1) is 23.9 Å². The summed E-state index contributed by atoms with van der Waals surface area (Å²) in [5, 5.41) is 35.3. The molecule has 0 aromatic carbocycles. The quantitative estimate of drug-likeness (QED) is 0.615. The summed E-state index contributed by atoms with van der Waals surface area (Å²) in [4.78, 5) is 4.25. The minimum absolute atomic E-state index is 0.287. The minimum Gasteiger partial charge on any atom is -0.394 e. The molecule has 1 saturated heterocycles. The van der Waals surface area contributed by atoms with Crippen molar-refractivity contribution in [3.63, 3.8) is 0 Å². The number of hydrogen-bond donors (Lipinski definition) is 2. The van der Waals surface area contributed by atoms with E-state index >= 15 is 0 Å². The Morgan fingerprint density at radius 2 is 2.32 bits per heavy atom. The number of aliphatic hydroxyl groups is 2. The van der Waals surface area contributed by atoms with Gasteiger partial charge in [-0.05, 0) is 25.3 Å². The maximum atomic E-state index is 10.7. The zero-order valence-electron chi connectivity index (χ0n) is 14.1. The molecule has 1 aliphatic rings. The van der Waals surface area contributed by atoms with Crippen molar-refractivity contribution in [2.45, 2.75) is 36.2 Å². The zero-order valence-corrected chi connectivity index (χ0v) is 14.9. The van der Waals surface area contributed by atoms with Crippen molar-refractivity contribution in [2.24, 2.45) is 5.41 Å². The smallest absolute Gasteiger partial charge is 0.137 e. The molecule has 132 valence electrons. The zero-order chi connectivity index (χ0) is 18.2. The van der Waals surface area contributed by atoms with E-state index in [0.29, 0.717) is 5.69 Å². The van der Waals surface area contributed by atoms with Gasteiger partial charge in [-0.25, -0.2) is 9.50 Å². The molecule has 0 bridgehead atoms. The fourth-order valence-electron chi connectivity index (χ4n) is 3.62. The van der Waals surface area contributed by atoms with Gasteiger partial charge in [0.25, 0.3) is 0 Å². The topological polar surface area (TPSA) is 104 Å². The molecule has 3 rings (SSSR count). The number of nitrogens with zero attached hydrogens (tertiary/aromatic N) is 4. The Kier molecular flexibility index (Phi) is 4.60. The highest BCUT2D eigenvalue weighted by Gasteiger charge is 2.64. The summed E-state index contributed by atoms with van der Waals surface area (Å²) in [6.45, 7) is 5.05. The van der Waals surface area contributed by atoms with Crippen LogP contribution >= 0.6 is 11.8 Å². The van der Waals surface area contributed by atoms with Crippen molar-refractivity contribution in [1.29, 1.82) is 5.26 Å². The highest BCUT2D eigenvalue weighted by molar-refractivity contribution is 7.98. The summed E-state index contributed by atoms with van der Waals surface area (Å²) in [5.41, 5.74) is -1.06. The first-order valence-electron chi connectivity index (χ1n) is 7.85. The van der Waals surface area contributed by atoms with Crippen molar-refractivity contribution in [2.75, 3.05) is 12.9 Å². The van der Waals surface area contributed by atoms with Crippen LogP contribution in [0, 0.1) is 16.7 Å². The van der Waals surface area contributed by atoms with E-state index in [1.807, 2.05) is 18.4 Å². The molecule has 8 heteroatoms. The summed E-state index contributed by atoms with van der Waals surface area (Å²) in [6.07, 6.45) is 3.30. The third-order valence-corrected chi connectivity index (χ3v) is 5.70. The number of aromatic nitrogens is 3. The van der Waals surface area contributed by atoms with Crippen LogP contribution in [0.5, 0.6) is 0 Å². The Morgan fingerprint density at radius 3 is 2.92 bits per heavy atom. The summed E-state index contributed by atoms with van der Waals surface area (Å²) < 4.78 is 7.79. The van der Waals surface area contributed by atoms with Gasteiger partial charge in [-0.15, -0.1) is 18.3 Å². The highest BCUT2D eigenvalue weighted by atomic mass is 32.2. The van der Waals surface area contributed by atoms with E-state index in [2.05, 4.69) is 22.7 Å². The monoisotopic (exact) mass is 360 g/mol. The van der Waals surface area contributed by atoms with Crippen LogP contribution in [0.1, 0.15) is 19.0 Å². The Morgan fingerprint density at radius 1 is 1.56 bits per heavy atom. The van der Waals surface area contributed by atoms with Gasteiger partial charge in [0.15, 0.2) is 0 Å². The van der Waals surface area contributed by atoms with Gasteiger partial charge >= 0.3 is 0 Å². The average Bonchev–Trinajstić information content (AvgIpc) is 3.16. The molecule has 25 heavy (non-hydrogen) atoms. The molecule has 7 nitrogen and oxygen atoms in total. The molecule has 4 atom stereocenters. The van der Waals surface area contributed by atoms with Crippen LogP contribution < -0.4 is 0 Å². The third kappa shape index (κ3) is 2.31. The van der Waals surface area contributed by atoms with E-state index in [9.17, 15) is 15.5 Å². The normalized spacial score (nSPS) is 32.0. The number of nitriles is 1. The van der Waals surface area contributed by atoms with Gasteiger partial charge in [0.2, 0.25) is 0 Å². The lowest BCUT2D eigenvalue weighted by molar-refractivity contribution is -0.0917. The van der Waals surface area contributed by atoms with Crippen LogP contribution in [0.3, 0.4) is 0 Å². The second-order valence-corrected chi connectivity index (χ2v) is 7.00. The molecule has 2 aromatic rings. The molecule has 2 N–H and O–H groups in total. The molecule has 1 aliphatic heterocycles. The molecular formula is C17H20N4O3S. The molecule has 0 aliphatic carbocycles. The number of ether oxygens (including phenoxy) is 1. The lowest BCUT2D eigenvalue weighted by atomic mass is 9.68. The highest BCUT2D eigenvalue weighted by Crippen LogP contribution is 2.55. The molecule has 3 heterocycles. The van der Waals surface area contributed by atoms with E-state index < -0.39 is 23.2 Å². The minimum atomic E-state index is -1.28. The largest absolute Gasteiger partial charge is 0.394 e. The van der Waals surface area contributed by atoms with Gasteiger partial charge in [-0.1, -0.05) is 6.08 Å². The van der Waals surface area contributed by atoms with Crippen LogP contribution in [0.15, 0.2) is 36.1 Å². The van der Waals surface area contributed by atoms with Crippen LogP contribution in [0.25, 0.3) is 5.52 Å². The Labute approximate surface area is 149 Å². The van der Waals surface area contributed by atoms with Gasteiger partial charge < -0.3 is 14.9 Å². The van der Waals surface area contributed by atoms with Crippen molar-refractivity contribution >= 4 is 17.3 Å². The summed E-state index contributed by atoms with van der Waals surface area (Å²) in [7, 11) is 0. The number of rotatable bonds is 5. The summed E-state index contributed by atoms with van der Waals surface area (Å²) >= 11 is 1.49. The van der Waals surface area contributed by atoms with Crippen LogP contribution in [0.4, 0.5) is 0 Å². The standard InChI is InChI=1S/C17H20N4O3S/c1-4-7-17(16(2,9-18)14(23)12(8-22)24-17)13-6-5-11-15(25-3)19-10-20-21(11)13/h4-6,10,12,14,22-23H,1,7-8H2,2-3H3. The first-order valence-corrected chi connectivity index (χ1v) is 9.07. The third-order valence-electron chi connectivity index (χ3n) is 5.00. The Hall–Kier alpha value is -1.92. The number of aliphatic hydroxyl groups excluding tert-OH is 2. The van der Waals surface area contributed by atoms with Crippen LogP contribution in [0.2, 0.25) is 0 Å². The van der Waals surface area contributed by atoms with E-state index in [4.69, 9.17) is 4.74 Å². The van der Waals surface area contributed by atoms with Crippen molar-refractivity contribution < 1.29 is 14.9 Å². The van der Waals surface area contributed by atoms with Gasteiger partial charge in [0, 0.05) is 6.42 Å². The molecule has 0 amide bonds. The van der Waals surface area contributed by atoms with E-state index in [-0.39, 0.29) is 13.0 Å². The molecule has 0 saturated carbocycles. The summed E-state index contributed by atoms with van der Waals surface area (Å²) in [5.74, 6) is 0. The number of hydrogen-bond acceptors (Lipinski definition) is 7. The lowest BCUT2D eigenvalue weighted by Gasteiger charge is -2.37. The van der Waals surface area contributed by atoms with Crippen LogP contribution in [-0.4, -0.2) is 49.9 Å². The van der Waals surface area contributed by atoms with Gasteiger partial charge in [-0.3, -0.25) is 0 Å². The van der Waals surface area contributed by atoms with Crippen molar-refractivity contribution in [1.82, 2.24) is 14.6 Å². The Balaban J connectivity index is 2.30. The van der Waals surface area contributed by atoms with Gasteiger partial charge in [-0.2, -0.15) is 10.4 Å². The molecular weight excluding hydrogens is 340 g/mol. The summed E-state index contributed by atoms with van der Waals surface area (Å²) in [6, 6.07) is 5.91. The molecule has 0 spiro atoms. The van der Waals surface area contributed by atoms with Gasteiger partial charge in [0.1, 0.15) is 34.6 Å². The Bertz CT molecular complexity index is 848. The molecule has 1 fully saturated rings. The fraction of sp³-hybridized carbons (Fsp3) is 0.471. The van der Waals surface area contributed by atoms with E-state index in [0.717, 1.165) is 10.5 Å². The fourth-order valence-corrected chi connectivity index (χ4v) is 4.13. The molecule has 0 radical (unpaired) electrons. The van der Waals surface area contributed by atoms with Crippen LogP contribution in [-0.2, 0) is 10.3 Å². The second kappa shape index (κ2) is 6.42. The van der Waals surface area contributed by atoms with Crippen molar-refractivity contribution in [3.05, 3.63) is 36.8 Å². The van der Waals surface area contributed by atoms with E-state index in [1.165, 1.54) is 18.1 Å². The first kappa shape index (κ1) is 17.9. The number of fused-ring (bicyclic) bond motifs is 1. The molecule has 4 unspecified atom stereocenters. The average molecular weight is 360 g/mol. The second-order valence-electron chi connectivity index (χ2n) is 6.20. The maximum absolute atomic E-state index is 10.7. The SMILES string of the molecule is C=CCC1(c2ccc3c(SC)ncnn23)OC(CO)C(O)C1(C)C#N. The predicted molar refractivity (Wildman–Crippen MR) is 92.9 cm³/mol. The first-order chi connectivity index (χ1) is 12.0. The maximum Gasteiger partial charge on any atom is 0.137 e. The molecule has 2 aromatic heterocycles. The predicted octanol–water partition coefficient (Wildman–Crippen LogP) is 1.50. The van der Waals surface area contributed by atoms with E-state index in [1.54, 1.807) is 17.5 Å².